The summed E-state index contributed by atoms with van der Waals surface area (Å²) in [5.41, 5.74) is 16.0. The molecule has 0 unspecified atom stereocenters. The van der Waals surface area contributed by atoms with Gasteiger partial charge in [0, 0.05) is 60.5 Å². The molecule has 0 saturated heterocycles. The van der Waals surface area contributed by atoms with Crippen LogP contribution in [-0.2, 0) is 6.42 Å². The van der Waals surface area contributed by atoms with E-state index in [0.717, 1.165) is 28.4 Å². The van der Waals surface area contributed by atoms with Crippen molar-refractivity contribution >= 4 is 89.4 Å². The summed E-state index contributed by atoms with van der Waals surface area (Å²) >= 11 is 0. The van der Waals surface area contributed by atoms with Crippen LogP contribution < -0.4 is 15.8 Å². The summed E-state index contributed by atoms with van der Waals surface area (Å²) in [5, 5.41) is 7.42. The molecular formula is C45H33BN2O. The molecule has 232 valence electrons. The quantitative estimate of drug-likeness (QED) is 0.181. The second kappa shape index (κ2) is 9.90. The minimum Gasteiger partial charge on any atom is -0.455 e. The van der Waals surface area contributed by atoms with Crippen molar-refractivity contribution in [1.82, 2.24) is 4.48 Å². The Morgan fingerprint density at radius 3 is 2.39 bits per heavy atom. The van der Waals surface area contributed by atoms with E-state index in [4.69, 9.17) is 4.42 Å². The van der Waals surface area contributed by atoms with Crippen LogP contribution >= 0.6 is 0 Å². The smallest absolute Gasteiger partial charge is 0.333 e. The molecule has 0 N–H and O–H groups in total. The van der Waals surface area contributed by atoms with Crippen LogP contribution in [0.5, 0.6) is 0 Å². The number of para-hydroxylation sites is 3. The summed E-state index contributed by atoms with van der Waals surface area (Å²) in [4.78, 5) is 2.59. The fraction of sp³-hybridized carbons (Fsp3) is 0.111. The van der Waals surface area contributed by atoms with E-state index in [1.165, 1.54) is 95.7 Å². The Morgan fingerprint density at radius 2 is 1.49 bits per heavy atom. The molecule has 0 spiro atoms. The van der Waals surface area contributed by atoms with Crippen molar-refractivity contribution < 1.29 is 4.42 Å². The first-order valence-electron chi connectivity index (χ1n) is 17.6. The average molecular weight is 629 g/mol. The highest BCUT2D eigenvalue weighted by Crippen LogP contribution is 2.50. The molecular weight excluding hydrogens is 595 g/mol. The average Bonchev–Trinajstić information content (AvgIpc) is 3.68. The predicted molar refractivity (Wildman–Crippen MR) is 208 cm³/mol. The molecule has 0 radical (unpaired) electrons. The van der Waals surface area contributed by atoms with Crippen molar-refractivity contribution in [3.63, 3.8) is 0 Å². The molecule has 2 aliphatic heterocycles. The number of rotatable bonds is 4. The van der Waals surface area contributed by atoms with Crippen LogP contribution in [0.1, 0.15) is 30.9 Å². The van der Waals surface area contributed by atoms with Gasteiger partial charge in [0.2, 0.25) is 0 Å². The van der Waals surface area contributed by atoms with Crippen LogP contribution in [0.4, 0.5) is 17.1 Å². The van der Waals surface area contributed by atoms with Crippen LogP contribution in [0.15, 0.2) is 132 Å². The van der Waals surface area contributed by atoms with E-state index in [1.807, 2.05) is 0 Å². The Hall–Kier alpha value is -5.74. The maximum atomic E-state index is 6.90. The largest absolute Gasteiger partial charge is 0.455 e. The van der Waals surface area contributed by atoms with Gasteiger partial charge in [-0.3, -0.25) is 0 Å². The van der Waals surface area contributed by atoms with Crippen molar-refractivity contribution in [2.45, 2.75) is 33.1 Å². The minimum absolute atomic E-state index is 0.0276. The Balaban J connectivity index is 1.37. The van der Waals surface area contributed by atoms with Gasteiger partial charge in [-0.1, -0.05) is 110 Å². The second-order valence-corrected chi connectivity index (χ2v) is 14.0. The molecule has 0 aliphatic carbocycles. The molecule has 9 aromatic rings. The molecule has 3 nitrogen and oxygen atoms in total. The third-order valence-electron chi connectivity index (χ3n) is 11.1. The third kappa shape index (κ3) is 3.58. The summed E-state index contributed by atoms with van der Waals surface area (Å²) in [6, 6.07) is 47.6. The zero-order chi connectivity index (χ0) is 32.4. The fourth-order valence-electron chi connectivity index (χ4n) is 9.16. The number of anilines is 3. The van der Waals surface area contributed by atoms with E-state index >= 15 is 0 Å². The maximum absolute atomic E-state index is 6.90. The molecule has 0 bridgehead atoms. The molecule has 0 fully saturated rings. The zero-order valence-corrected chi connectivity index (χ0v) is 27.6. The van der Waals surface area contributed by atoms with E-state index in [9.17, 15) is 0 Å². The van der Waals surface area contributed by atoms with Gasteiger partial charge in [-0.25, -0.2) is 0 Å². The van der Waals surface area contributed by atoms with Gasteiger partial charge < -0.3 is 13.8 Å². The first-order valence-corrected chi connectivity index (χ1v) is 17.6. The molecule has 0 amide bonds. The lowest BCUT2D eigenvalue weighted by Gasteiger charge is -2.41. The van der Waals surface area contributed by atoms with E-state index < -0.39 is 0 Å². The molecule has 7 aromatic carbocycles. The van der Waals surface area contributed by atoms with Gasteiger partial charge in [-0.05, 0) is 77.5 Å². The highest BCUT2D eigenvalue weighted by atomic mass is 16.3. The van der Waals surface area contributed by atoms with Crippen molar-refractivity contribution in [3.05, 3.63) is 139 Å². The van der Waals surface area contributed by atoms with Crippen LogP contribution in [0.3, 0.4) is 0 Å². The summed E-state index contributed by atoms with van der Waals surface area (Å²) in [7, 11) is 0. The Kier molecular flexibility index (Phi) is 5.50. The van der Waals surface area contributed by atoms with Gasteiger partial charge in [0.25, 0.3) is 0 Å². The summed E-state index contributed by atoms with van der Waals surface area (Å²) in [5.74, 6) is 0. The van der Waals surface area contributed by atoms with Crippen LogP contribution in [0.2, 0.25) is 0 Å². The highest BCUT2D eigenvalue weighted by Gasteiger charge is 2.44. The Bertz CT molecular complexity index is 2860. The molecule has 2 aromatic heterocycles. The first kappa shape index (κ1) is 27.2. The lowest BCUT2D eigenvalue weighted by atomic mass is 9.44. The van der Waals surface area contributed by atoms with Gasteiger partial charge in [0.1, 0.15) is 11.2 Å². The number of aryl methyl sites for hydroxylation is 2. The van der Waals surface area contributed by atoms with Crippen molar-refractivity contribution in [1.29, 1.82) is 0 Å². The lowest BCUT2D eigenvalue weighted by molar-refractivity contribution is 0.670. The number of fused-ring (bicyclic) bond motifs is 13. The molecule has 4 heteroatoms. The van der Waals surface area contributed by atoms with Crippen molar-refractivity contribution in [3.8, 4) is 11.1 Å². The number of benzene rings is 7. The van der Waals surface area contributed by atoms with Gasteiger partial charge in [0.05, 0.1) is 5.69 Å². The molecule has 0 atom stereocenters. The Labute approximate surface area is 285 Å². The van der Waals surface area contributed by atoms with Crippen LogP contribution in [0.25, 0.3) is 65.6 Å². The van der Waals surface area contributed by atoms with Crippen LogP contribution in [0, 0.1) is 6.92 Å². The van der Waals surface area contributed by atoms with Crippen molar-refractivity contribution in [2.75, 3.05) is 4.90 Å². The maximum Gasteiger partial charge on any atom is 0.333 e. The SMILES string of the molecule is CCCCc1cc(C)cc(N2c3cc4c(oc5ccccc54)c4c3B(c3ccc5ccccc5c32)n2c3ccccc3c3cccc-4c32)c1. The monoisotopic (exact) mass is 628 g/mol. The topological polar surface area (TPSA) is 21.3 Å². The minimum atomic E-state index is -0.0276. The van der Waals surface area contributed by atoms with E-state index in [1.54, 1.807) is 0 Å². The van der Waals surface area contributed by atoms with Gasteiger partial charge in [-0.2, -0.15) is 0 Å². The zero-order valence-electron chi connectivity index (χ0n) is 27.6. The molecule has 4 heterocycles. The number of furan rings is 1. The molecule has 49 heavy (non-hydrogen) atoms. The summed E-state index contributed by atoms with van der Waals surface area (Å²) in [6.07, 6.45) is 3.44. The van der Waals surface area contributed by atoms with Gasteiger partial charge in [0.15, 0.2) is 0 Å². The number of aromatic nitrogens is 1. The normalized spacial score (nSPS) is 13.3. The Morgan fingerprint density at radius 1 is 0.694 bits per heavy atom. The summed E-state index contributed by atoms with van der Waals surface area (Å²) in [6.45, 7) is 4.50. The first-order chi connectivity index (χ1) is 24.2. The van der Waals surface area contributed by atoms with E-state index in [2.05, 4.69) is 151 Å². The second-order valence-electron chi connectivity index (χ2n) is 14.0. The van der Waals surface area contributed by atoms with Gasteiger partial charge in [-0.15, -0.1) is 0 Å². The van der Waals surface area contributed by atoms with E-state index in [0.29, 0.717) is 0 Å². The number of hydrogen-bond donors (Lipinski definition) is 0. The number of unbranched alkanes of at least 4 members (excludes halogenated alkanes) is 1. The number of nitrogens with zero attached hydrogens (tertiary/aromatic N) is 2. The molecule has 0 saturated carbocycles. The standard InChI is InChI=1S/C45H33BN2O/c1-3-4-12-28-23-27(2)24-30(25-28)47-39-26-36-33-16-8-10-20-40(33)49-45(36)41-35-18-11-17-34-32-15-7-9-19-38(32)48(43(34)35)46(42(39)41)37-22-21-29-13-5-6-14-31(29)44(37)47/h5-11,13-26H,3-4,12H2,1-2H3. The number of hydrogen-bond acceptors (Lipinski definition) is 2. The lowest BCUT2D eigenvalue weighted by Crippen LogP contribution is -2.56. The fourth-order valence-corrected chi connectivity index (χ4v) is 9.16. The van der Waals surface area contributed by atoms with Crippen LogP contribution in [-0.4, -0.2) is 11.3 Å². The summed E-state index contributed by atoms with van der Waals surface area (Å²) < 4.78 is 9.53. The molecule has 2 aliphatic rings. The third-order valence-corrected chi connectivity index (χ3v) is 11.1. The predicted octanol–water partition coefficient (Wildman–Crippen LogP) is 10.9. The van der Waals surface area contributed by atoms with Gasteiger partial charge >= 0.3 is 6.85 Å². The molecule has 11 rings (SSSR count). The highest BCUT2D eigenvalue weighted by molar-refractivity contribution is 6.90. The van der Waals surface area contributed by atoms with Crippen molar-refractivity contribution in [2.24, 2.45) is 0 Å². The van der Waals surface area contributed by atoms with E-state index in [-0.39, 0.29) is 6.85 Å².